The number of benzene rings is 2. The first-order valence-electron chi connectivity index (χ1n) is 15.0. The number of aryl methyl sites for hydroxylation is 1. The maximum atomic E-state index is 11.7. The average molecular weight is 642 g/mol. The molecule has 1 atom stereocenters. The van der Waals surface area contributed by atoms with Crippen LogP contribution in [0.5, 0.6) is 0 Å². The van der Waals surface area contributed by atoms with Crippen LogP contribution in [-0.4, -0.2) is 38.4 Å². The maximum absolute atomic E-state index is 11.7. The van der Waals surface area contributed by atoms with E-state index in [0.717, 1.165) is 66.3 Å². The van der Waals surface area contributed by atoms with Gasteiger partial charge in [0.1, 0.15) is 6.29 Å². The molecule has 0 saturated heterocycles. The fraction of sp³-hybridized carbons (Fsp3) is 0.286. The van der Waals surface area contributed by atoms with E-state index in [9.17, 15) is 9.59 Å². The summed E-state index contributed by atoms with van der Waals surface area (Å²) < 4.78 is 0. The van der Waals surface area contributed by atoms with Gasteiger partial charge in [0.05, 0.1) is 33.9 Å². The Morgan fingerprint density at radius 2 is 1.84 bits per heavy atom. The number of rotatable bonds is 7. The van der Waals surface area contributed by atoms with Gasteiger partial charge in [0.15, 0.2) is 0 Å². The summed E-state index contributed by atoms with van der Waals surface area (Å²) in [6.45, 7) is 1.03. The topological polar surface area (TPSA) is 118 Å². The number of aromatic amines is 1. The van der Waals surface area contributed by atoms with Crippen LogP contribution in [0.1, 0.15) is 59.9 Å². The third-order valence-corrected chi connectivity index (χ3v) is 9.47. The molecule has 3 heterocycles. The molecule has 230 valence electrons. The van der Waals surface area contributed by atoms with Gasteiger partial charge >= 0.3 is 0 Å². The van der Waals surface area contributed by atoms with Crippen LogP contribution < -0.4 is 11.3 Å². The molecule has 5 aromatic rings. The van der Waals surface area contributed by atoms with Crippen molar-refractivity contribution in [1.29, 1.82) is 0 Å². The summed E-state index contributed by atoms with van der Waals surface area (Å²) in [6, 6.07) is 19.7. The second-order valence-corrected chi connectivity index (χ2v) is 12.6. The zero-order chi connectivity index (χ0) is 31.6. The molecule has 1 saturated carbocycles. The standard InChI is InChI=1S/C22H21Cl2N3.C13H13N3O2/c1-27(20-9-2-5-15-6-4-12-25-22(15)20)14-17-11-10-16(13-26-17)21-18(23)7-3-8-19(21)24;14-6-11-10-5-8(13(7-17)3-4-13)1-2-9(10)12(18)16-15-11/h3-4,6-8,10-13,20H,2,5,9,14H2,1H3;1-2,5,7H,3-4,6,14H2,(H,16,18). The number of hydrogen-bond donors (Lipinski definition) is 2. The molecule has 2 aliphatic rings. The number of aromatic nitrogens is 4. The minimum absolute atomic E-state index is 0.232. The maximum Gasteiger partial charge on any atom is 0.272 e. The van der Waals surface area contributed by atoms with Gasteiger partial charge < -0.3 is 10.5 Å². The van der Waals surface area contributed by atoms with Gasteiger partial charge in [-0.1, -0.05) is 47.5 Å². The number of carbonyl (C=O) groups excluding carboxylic acids is 1. The van der Waals surface area contributed by atoms with Crippen molar-refractivity contribution in [1.82, 2.24) is 25.1 Å². The predicted octanol–water partition coefficient (Wildman–Crippen LogP) is 6.57. The van der Waals surface area contributed by atoms with Crippen molar-refractivity contribution in [3.63, 3.8) is 0 Å². The summed E-state index contributed by atoms with van der Waals surface area (Å²) in [7, 11) is 2.15. The number of aldehydes is 1. The smallest absolute Gasteiger partial charge is 0.272 e. The van der Waals surface area contributed by atoms with E-state index in [1.165, 1.54) is 17.7 Å². The first-order chi connectivity index (χ1) is 21.8. The van der Waals surface area contributed by atoms with Crippen LogP contribution in [-0.2, 0) is 29.7 Å². The summed E-state index contributed by atoms with van der Waals surface area (Å²) >= 11 is 12.6. The van der Waals surface area contributed by atoms with Crippen molar-refractivity contribution in [3.05, 3.63) is 122 Å². The minimum atomic E-state index is -0.345. The van der Waals surface area contributed by atoms with E-state index in [1.807, 2.05) is 60.9 Å². The van der Waals surface area contributed by atoms with Crippen molar-refractivity contribution in [2.75, 3.05) is 7.05 Å². The third-order valence-electron chi connectivity index (χ3n) is 8.84. The van der Waals surface area contributed by atoms with Crippen LogP contribution in [0.15, 0.2) is 77.9 Å². The molecule has 0 amide bonds. The van der Waals surface area contributed by atoms with E-state index in [1.54, 1.807) is 6.07 Å². The summed E-state index contributed by atoms with van der Waals surface area (Å²) in [4.78, 5) is 34.4. The van der Waals surface area contributed by atoms with Crippen LogP contribution in [0.4, 0.5) is 0 Å². The Hall–Kier alpha value is -3.95. The zero-order valence-electron chi connectivity index (χ0n) is 25.0. The molecule has 1 unspecified atom stereocenters. The molecule has 8 nitrogen and oxygen atoms in total. The molecule has 0 bridgehead atoms. The lowest BCUT2D eigenvalue weighted by Crippen LogP contribution is -2.28. The van der Waals surface area contributed by atoms with Gasteiger partial charge in [-0.05, 0) is 86.7 Å². The Morgan fingerprint density at radius 3 is 2.53 bits per heavy atom. The van der Waals surface area contributed by atoms with Crippen LogP contribution in [0.3, 0.4) is 0 Å². The van der Waals surface area contributed by atoms with E-state index in [0.29, 0.717) is 27.2 Å². The quantitative estimate of drug-likeness (QED) is 0.193. The van der Waals surface area contributed by atoms with Crippen LogP contribution in [0.25, 0.3) is 21.9 Å². The Kier molecular flexibility index (Phi) is 9.10. The summed E-state index contributed by atoms with van der Waals surface area (Å²) in [6.07, 6.45) is 9.94. The molecule has 0 spiro atoms. The zero-order valence-corrected chi connectivity index (χ0v) is 26.5. The Balaban J connectivity index is 0.000000172. The molecule has 0 radical (unpaired) electrons. The Labute approximate surface area is 271 Å². The van der Waals surface area contributed by atoms with Gasteiger partial charge in [0.2, 0.25) is 0 Å². The number of carbonyl (C=O) groups is 1. The SMILES string of the molecule is CN(Cc1ccc(-c2c(Cl)cccc2Cl)cn1)C1CCCc2cccnc21.NCc1n[nH]c(=O)c2ccc(C3(C=O)CC3)cc12. The predicted molar refractivity (Wildman–Crippen MR) is 178 cm³/mol. The van der Waals surface area contributed by atoms with Gasteiger partial charge in [0, 0.05) is 52.0 Å². The number of hydrogen-bond acceptors (Lipinski definition) is 7. The molecule has 7 rings (SSSR count). The average Bonchev–Trinajstić information content (AvgIpc) is 3.87. The van der Waals surface area contributed by atoms with E-state index >= 15 is 0 Å². The number of fused-ring (bicyclic) bond motifs is 2. The highest BCUT2D eigenvalue weighted by atomic mass is 35.5. The molecular weight excluding hydrogens is 607 g/mol. The number of nitrogens with two attached hydrogens (primary N) is 1. The van der Waals surface area contributed by atoms with Gasteiger partial charge in [-0.2, -0.15) is 5.10 Å². The minimum Gasteiger partial charge on any atom is -0.325 e. The first kappa shape index (κ1) is 31.0. The number of nitrogens with zero attached hydrogens (tertiary/aromatic N) is 4. The second-order valence-electron chi connectivity index (χ2n) is 11.7. The van der Waals surface area contributed by atoms with Gasteiger partial charge in [0.25, 0.3) is 5.56 Å². The highest BCUT2D eigenvalue weighted by molar-refractivity contribution is 6.39. The number of pyridine rings is 2. The van der Waals surface area contributed by atoms with Crippen molar-refractivity contribution in [2.45, 2.75) is 56.7 Å². The van der Waals surface area contributed by atoms with Crippen molar-refractivity contribution in [3.8, 4) is 11.1 Å². The molecule has 2 aliphatic carbocycles. The molecule has 10 heteroatoms. The largest absolute Gasteiger partial charge is 0.325 e. The summed E-state index contributed by atoms with van der Waals surface area (Å²) in [5, 5.41) is 8.95. The van der Waals surface area contributed by atoms with Crippen LogP contribution in [0, 0.1) is 0 Å². The van der Waals surface area contributed by atoms with E-state index < -0.39 is 0 Å². The van der Waals surface area contributed by atoms with E-state index in [2.05, 4.69) is 38.2 Å². The van der Waals surface area contributed by atoms with E-state index in [4.69, 9.17) is 28.9 Å². The normalized spacial score (nSPS) is 16.5. The molecule has 2 aromatic carbocycles. The lowest BCUT2D eigenvalue weighted by Gasteiger charge is -2.32. The molecule has 0 aliphatic heterocycles. The molecule has 3 aromatic heterocycles. The van der Waals surface area contributed by atoms with E-state index in [-0.39, 0.29) is 17.5 Å². The van der Waals surface area contributed by atoms with Crippen molar-refractivity contribution >= 4 is 40.3 Å². The van der Waals surface area contributed by atoms with Gasteiger partial charge in [-0.3, -0.25) is 19.7 Å². The lowest BCUT2D eigenvalue weighted by atomic mass is 9.91. The highest BCUT2D eigenvalue weighted by Gasteiger charge is 2.44. The van der Waals surface area contributed by atoms with Crippen molar-refractivity contribution < 1.29 is 4.79 Å². The first-order valence-corrected chi connectivity index (χ1v) is 15.8. The Morgan fingerprint density at radius 1 is 1.04 bits per heavy atom. The molecular formula is C35H34Cl2N6O2. The molecule has 1 fully saturated rings. The monoisotopic (exact) mass is 640 g/mol. The van der Waals surface area contributed by atoms with Gasteiger partial charge in [-0.15, -0.1) is 0 Å². The fourth-order valence-corrected chi connectivity index (χ4v) is 6.73. The number of nitrogens with one attached hydrogen (secondary N) is 1. The summed E-state index contributed by atoms with van der Waals surface area (Å²) in [5.74, 6) is 0. The van der Waals surface area contributed by atoms with Crippen LogP contribution >= 0.6 is 23.2 Å². The number of H-pyrrole nitrogens is 1. The number of halogens is 2. The highest BCUT2D eigenvalue weighted by Crippen LogP contribution is 2.46. The fourth-order valence-electron chi connectivity index (χ4n) is 6.11. The third kappa shape index (κ3) is 6.42. The Bertz CT molecular complexity index is 1890. The lowest BCUT2D eigenvalue weighted by molar-refractivity contribution is -0.109. The molecule has 3 N–H and O–H groups in total. The second kappa shape index (κ2) is 13.2. The van der Waals surface area contributed by atoms with Crippen molar-refractivity contribution in [2.24, 2.45) is 5.73 Å². The van der Waals surface area contributed by atoms with Crippen LogP contribution in [0.2, 0.25) is 10.0 Å². The summed E-state index contributed by atoms with van der Waals surface area (Å²) in [5.41, 5.74) is 12.0. The van der Waals surface area contributed by atoms with Gasteiger partial charge in [-0.25, -0.2) is 5.10 Å². The molecule has 45 heavy (non-hydrogen) atoms.